The summed E-state index contributed by atoms with van der Waals surface area (Å²) in [6, 6.07) is 7.64. The summed E-state index contributed by atoms with van der Waals surface area (Å²) < 4.78 is 0. The van der Waals surface area contributed by atoms with Crippen molar-refractivity contribution in [3.63, 3.8) is 0 Å². The van der Waals surface area contributed by atoms with Gasteiger partial charge in [-0.1, -0.05) is 18.2 Å². The molecule has 2 aromatic rings. The molecule has 22 heavy (non-hydrogen) atoms. The lowest BCUT2D eigenvalue weighted by Crippen LogP contribution is -2.16. The van der Waals surface area contributed by atoms with Gasteiger partial charge in [0, 0.05) is 17.0 Å². The lowest BCUT2D eigenvalue weighted by atomic mass is 10.2. The lowest BCUT2D eigenvalue weighted by Gasteiger charge is -2.06. The van der Waals surface area contributed by atoms with Gasteiger partial charge in [-0.25, -0.2) is 4.98 Å². The van der Waals surface area contributed by atoms with Crippen LogP contribution in [-0.4, -0.2) is 16.8 Å². The van der Waals surface area contributed by atoms with E-state index in [2.05, 4.69) is 15.6 Å². The highest BCUT2D eigenvalue weighted by molar-refractivity contribution is 7.13. The first-order valence-corrected chi connectivity index (χ1v) is 8.10. The van der Waals surface area contributed by atoms with E-state index in [0.717, 1.165) is 24.1 Å². The van der Waals surface area contributed by atoms with Gasteiger partial charge < -0.3 is 10.6 Å². The van der Waals surface area contributed by atoms with Crippen LogP contribution in [0.3, 0.4) is 0 Å². The molecule has 1 aromatic heterocycles. The molecule has 1 aliphatic carbocycles. The topological polar surface area (TPSA) is 71.1 Å². The van der Waals surface area contributed by atoms with Gasteiger partial charge in [0.2, 0.25) is 11.8 Å². The molecule has 0 spiro atoms. The monoisotopic (exact) mass is 315 g/mol. The van der Waals surface area contributed by atoms with E-state index in [1.165, 1.54) is 11.3 Å². The van der Waals surface area contributed by atoms with E-state index in [1.54, 1.807) is 5.38 Å². The summed E-state index contributed by atoms with van der Waals surface area (Å²) in [4.78, 5) is 28.0. The van der Waals surface area contributed by atoms with Gasteiger partial charge in [-0.15, -0.1) is 11.3 Å². The first kappa shape index (κ1) is 14.7. The highest BCUT2D eigenvalue weighted by Crippen LogP contribution is 2.30. The predicted molar refractivity (Wildman–Crippen MR) is 87.0 cm³/mol. The normalized spacial score (nSPS) is 13.7. The second kappa shape index (κ2) is 6.27. The van der Waals surface area contributed by atoms with Crippen molar-refractivity contribution in [3.8, 4) is 0 Å². The fraction of sp³-hybridized carbons (Fsp3) is 0.312. The first-order chi connectivity index (χ1) is 10.6. The summed E-state index contributed by atoms with van der Waals surface area (Å²) in [6.07, 6.45) is 2.12. The number of benzene rings is 1. The molecule has 1 heterocycles. The van der Waals surface area contributed by atoms with Gasteiger partial charge in [0.1, 0.15) is 0 Å². The number of para-hydroxylation sites is 1. The molecule has 1 aliphatic rings. The zero-order valence-corrected chi connectivity index (χ0v) is 13.1. The Labute approximate surface area is 132 Å². The maximum atomic E-state index is 12.0. The average Bonchev–Trinajstić information content (AvgIpc) is 3.25. The van der Waals surface area contributed by atoms with E-state index in [9.17, 15) is 9.59 Å². The highest BCUT2D eigenvalue weighted by atomic mass is 32.1. The van der Waals surface area contributed by atoms with E-state index in [4.69, 9.17) is 0 Å². The third-order valence-corrected chi connectivity index (χ3v) is 4.30. The average molecular weight is 315 g/mol. The predicted octanol–water partition coefficient (Wildman–Crippen LogP) is 2.98. The Morgan fingerprint density at radius 1 is 1.27 bits per heavy atom. The van der Waals surface area contributed by atoms with Crippen molar-refractivity contribution >= 4 is 34.0 Å². The summed E-state index contributed by atoms with van der Waals surface area (Å²) >= 11 is 1.35. The zero-order chi connectivity index (χ0) is 15.5. The van der Waals surface area contributed by atoms with Crippen molar-refractivity contribution in [1.29, 1.82) is 0 Å². The minimum absolute atomic E-state index is 0.0326. The molecular formula is C16H17N3O2S. The highest BCUT2D eigenvalue weighted by Gasteiger charge is 2.30. The fourth-order valence-corrected chi connectivity index (χ4v) is 2.78. The minimum atomic E-state index is -0.111. The molecule has 114 valence electrons. The third kappa shape index (κ3) is 3.71. The molecule has 1 saturated carbocycles. The Hall–Kier alpha value is -2.21. The van der Waals surface area contributed by atoms with E-state index < -0.39 is 0 Å². The number of nitrogens with zero attached hydrogens (tertiary/aromatic N) is 1. The summed E-state index contributed by atoms with van der Waals surface area (Å²) in [6.45, 7) is 1.95. The third-order valence-electron chi connectivity index (χ3n) is 3.49. The Kier molecular flexibility index (Phi) is 4.20. The second-order valence-corrected chi connectivity index (χ2v) is 6.31. The van der Waals surface area contributed by atoms with Gasteiger partial charge in [0.15, 0.2) is 5.13 Å². The number of anilines is 2. The van der Waals surface area contributed by atoms with Crippen molar-refractivity contribution in [2.45, 2.75) is 26.2 Å². The van der Waals surface area contributed by atoms with Crippen LogP contribution in [0.25, 0.3) is 0 Å². The Morgan fingerprint density at radius 3 is 2.77 bits per heavy atom. The minimum Gasteiger partial charge on any atom is -0.326 e. The van der Waals surface area contributed by atoms with Crippen LogP contribution >= 0.6 is 11.3 Å². The summed E-state index contributed by atoms with van der Waals surface area (Å²) in [5.41, 5.74) is 2.50. The quantitative estimate of drug-likeness (QED) is 0.891. The number of carbonyl (C=O) groups excluding carboxylic acids is 2. The molecule has 1 aromatic carbocycles. The maximum Gasteiger partial charge on any atom is 0.230 e. The smallest absolute Gasteiger partial charge is 0.230 e. The molecule has 3 rings (SSSR count). The molecule has 2 N–H and O–H groups in total. The van der Waals surface area contributed by atoms with Crippen LogP contribution in [0.2, 0.25) is 0 Å². The van der Waals surface area contributed by atoms with Crippen LogP contribution in [0.1, 0.15) is 24.1 Å². The van der Waals surface area contributed by atoms with Gasteiger partial charge >= 0.3 is 0 Å². The number of amides is 2. The number of aryl methyl sites for hydroxylation is 1. The molecular weight excluding hydrogens is 298 g/mol. The fourth-order valence-electron chi connectivity index (χ4n) is 2.07. The first-order valence-electron chi connectivity index (χ1n) is 7.22. The van der Waals surface area contributed by atoms with Crippen LogP contribution in [0, 0.1) is 12.8 Å². The molecule has 5 nitrogen and oxygen atoms in total. The molecule has 0 aliphatic heterocycles. The van der Waals surface area contributed by atoms with Gasteiger partial charge in [-0.2, -0.15) is 0 Å². The molecule has 1 fully saturated rings. The summed E-state index contributed by atoms with van der Waals surface area (Å²) in [5.74, 6) is 0.0710. The molecule has 0 bridgehead atoms. The summed E-state index contributed by atoms with van der Waals surface area (Å²) in [7, 11) is 0. The van der Waals surface area contributed by atoms with Crippen LogP contribution in [0.15, 0.2) is 29.6 Å². The largest absolute Gasteiger partial charge is 0.326 e. The van der Waals surface area contributed by atoms with Gasteiger partial charge in [-0.3, -0.25) is 9.59 Å². The molecule has 2 amide bonds. The number of nitrogens with one attached hydrogen (secondary N) is 2. The number of carbonyl (C=O) groups is 2. The number of hydrogen-bond acceptors (Lipinski definition) is 4. The van der Waals surface area contributed by atoms with Crippen LogP contribution in [0.5, 0.6) is 0 Å². The number of thiazole rings is 1. The van der Waals surface area contributed by atoms with Crippen LogP contribution in [0.4, 0.5) is 10.8 Å². The van der Waals surface area contributed by atoms with Crippen molar-refractivity contribution in [3.05, 3.63) is 40.9 Å². The Bertz CT molecular complexity index is 707. The van der Waals surface area contributed by atoms with Gasteiger partial charge in [-0.05, 0) is 31.4 Å². The SMILES string of the molecule is Cc1ccccc1NC(=O)Cc1csc(NC(=O)C2CC2)n1. The molecule has 6 heteroatoms. The molecule has 0 unspecified atom stereocenters. The van der Waals surface area contributed by atoms with Gasteiger partial charge in [0.05, 0.1) is 12.1 Å². The number of aromatic nitrogens is 1. The summed E-state index contributed by atoms with van der Waals surface area (Å²) in [5, 5.41) is 8.04. The van der Waals surface area contributed by atoms with E-state index in [1.807, 2.05) is 31.2 Å². The second-order valence-electron chi connectivity index (χ2n) is 5.45. The van der Waals surface area contributed by atoms with Crippen LogP contribution in [-0.2, 0) is 16.0 Å². The van der Waals surface area contributed by atoms with Crippen LogP contribution < -0.4 is 10.6 Å². The molecule has 0 radical (unpaired) electrons. The van der Waals surface area contributed by atoms with Crippen molar-refractivity contribution in [1.82, 2.24) is 4.98 Å². The van der Waals surface area contributed by atoms with E-state index in [-0.39, 0.29) is 24.2 Å². The number of hydrogen-bond donors (Lipinski definition) is 2. The zero-order valence-electron chi connectivity index (χ0n) is 12.3. The maximum absolute atomic E-state index is 12.0. The number of rotatable bonds is 5. The van der Waals surface area contributed by atoms with Crippen molar-refractivity contribution in [2.24, 2.45) is 5.92 Å². The van der Waals surface area contributed by atoms with E-state index in [0.29, 0.717) is 10.8 Å². The van der Waals surface area contributed by atoms with Crippen molar-refractivity contribution < 1.29 is 9.59 Å². The standard InChI is InChI=1S/C16H17N3O2S/c1-10-4-2-3-5-13(10)18-14(20)8-12-9-22-16(17-12)19-15(21)11-6-7-11/h2-5,9,11H,6-8H2,1H3,(H,18,20)(H,17,19,21). The van der Waals surface area contributed by atoms with Gasteiger partial charge in [0.25, 0.3) is 0 Å². The van der Waals surface area contributed by atoms with Crippen molar-refractivity contribution in [2.75, 3.05) is 10.6 Å². The molecule has 0 atom stereocenters. The molecule has 0 saturated heterocycles. The Balaban J connectivity index is 1.56. The lowest BCUT2D eigenvalue weighted by molar-refractivity contribution is -0.117. The van der Waals surface area contributed by atoms with E-state index >= 15 is 0 Å². The Morgan fingerprint density at radius 2 is 2.05 bits per heavy atom.